The second kappa shape index (κ2) is 3.55. The molecule has 1 fully saturated rings. The molecule has 0 aliphatic heterocycles. The third-order valence-corrected chi connectivity index (χ3v) is 2.85. The van der Waals surface area contributed by atoms with E-state index in [1.54, 1.807) is 0 Å². The Morgan fingerprint density at radius 3 is 2.27 bits per heavy atom. The van der Waals surface area contributed by atoms with Gasteiger partial charge >= 0.3 is 0 Å². The van der Waals surface area contributed by atoms with Crippen molar-refractivity contribution in [2.24, 2.45) is 23.3 Å². The minimum atomic E-state index is 0.398. The van der Waals surface area contributed by atoms with E-state index in [4.69, 9.17) is 11.5 Å². The Morgan fingerprint density at radius 1 is 1.18 bits per heavy atom. The molecule has 11 heavy (non-hydrogen) atoms. The molecule has 4 N–H and O–H groups in total. The lowest BCUT2D eigenvalue weighted by Gasteiger charge is -2.34. The first-order valence-corrected chi connectivity index (χ1v) is 4.62. The largest absolute Gasteiger partial charge is 0.328 e. The first-order chi connectivity index (χ1) is 5.11. The summed E-state index contributed by atoms with van der Waals surface area (Å²) in [7, 11) is 0. The summed E-state index contributed by atoms with van der Waals surface area (Å²) in [6, 6.07) is 0.803. The van der Waals surface area contributed by atoms with Crippen LogP contribution in [0.25, 0.3) is 0 Å². The quantitative estimate of drug-likeness (QED) is 0.597. The average Bonchev–Trinajstić information content (AvgIpc) is 1.94. The Balaban J connectivity index is 2.47. The van der Waals surface area contributed by atoms with Crippen molar-refractivity contribution in [3.05, 3.63) is 0 Å². The number of nitrogens with two attached hydrogens (primary N) is 2. The van der Waals surface area contributed by atoms with Gasteiger partial charge in [-0.15, -0.1) is 0 Å². The van der Waals surface area contributed by atoms with Crippen molar-refractivity contribution in [1.82, 2.24) is 0 Å². The standard InChI is InChI=1S/C9H20N2/c1-6(2)8-5-7(10)3-4-9(8)11/h6-9H,3-5,10-11H2,1-2H3. The lowest BCUT2D eigenvalue weighted by atomic mass is 9.76. The SMILES string of the molecule is CC(C)C1CC(N)CCC1N. The van der Waals surface area contributed by atoms with Crippen molar-refractivity contribution in [2.75, 3.05) is 0 Å². The van der Waals surface area contributed by atoms with Crippen LogP contribution in [0.15, 0.2) is 0 Å². The first-order valence-electron chi connectivity index (χ1n) is 4.62. The van der Waals surface area contributed by atoms with Gasteiger partial charge < -0.3 is 11.5 Å². The molecule has 1 saturated carbocycles. The Hall–Kier alpha value is -0.0800. The maximum absolute atomic E-state index is 5.99. The molecule has 0 aromatic heterocycles. The van der Waals surface area contributed by atoms with E-state index in [0.29, 0.717) is 23.9 Å². The summed E-state index contributed by atoms with van der Waals surface area (Å²) in [5, 5.41) is 0. The van der Waals surface area contributed by atoms with E-state index < -0.39 is 0 Å². The fraction of sp³-hybridized carbons (Fsp3) is 1.00. The molecular weight excluding hydrogens is 136 g/mol. The van der Waals surface area contributed by atoms with Gasteiger partial charge in [0.2, 0.25) is 0 Å². The van der Waals surface area contributed by atoms with Crippen LogP contribution < -0.4 is 11.5 Å². The first kappa shape index (κ1) is 9.01. The average molecular weight is 156 g/mol. The minimum absolute atomic E-state index is 0.398. The van der Waals surface area contributed by atoms with Crippen LogP contribution in [0.3, 0.4) is 0 Å². The van der Waals surface area contributed by atoms with Crippen LogP contribution in [0.5, 0.6) is 0 Å². The highest BCUT2D eigenvalue weighted by molar-refractivity contribution is 4.85. The smallest absolute Gasteiger partial charge is 0.00707 e. The van der Waals surface area contributed by atoms with Gasteiger partial charge in [0.05, 0.1) is 0 Å². The Labute approximate surface area is 69.3 Å². The topological polar surface area (TPSA) is 52.0 Å². The molecule has 1 aliphatic rings. The van der Waals surface area contributed by atoms with Crippen LogP contribution in [0.1, 0.15) is 33.1 Å². The summed E-state index contributed by atoms with van der Waals surface area (Å²) in [6.45, 7) is 4.48. The summed E-state index contributed by atoms with van der Waals surface area (Å²) >= 11 is 0. The third kappa shape index (κ3) is 2.17. The molecule has 0 spiro atoms. The monoisotopic (exact) mass is 156 g/mol. The van der Waals surface area contributed by atoms with Crippen molar-refractivity contribution in [3.8, 4) is 0 Å². The van der Waals surface area contributed by atoms with Gasteiger partial charge in [0.1, 0.15) is 0 Å². The van der Waals surface area contributed by atoms with Gasteiger partial charge in [-0.05, 0) is 31.1 Å². The van der Waals surface area contributed by atoms with Gasteiger partial charge in [-0.2, -0.15) is 0 Å². The van der Waals surface area contributed by atoms with Gasteiger partial charge in [0.25, 0.3) is 0 Å². The van der Waals surface area contributed by atoms with Crippen LogP contribution in [0.4, 0.5) is 0 Å². The van der Waals surface area contributed by atoms with E-state index in [9.17, 15) is 0 Å². The van der Waals surface area contributed by atoms with Crippen molar-refractivity contribution in [2.45, 2.75) is 45.2 Å². The zero-order valence-corrected chi connectivity index (χ0v) is 7.59. The van der Waals surface area contributed by atoms with Crippen LogP contribution in [-0.2, 0) is 0 Å². The van der Waals surface area contributed by atoms with Crippen molar-refractivity contribution in [3.63, 3.8) is 0 Å². The van der Waals surface area contributed by atoms with Crippen LogP contribution in [0.2, 0.25) is 0 Å². The molecule has 1 rings (SSSR count). The summed E-state index contributed by atoms with van der Waals surface area (Å²) < 4.78 is 0. The Kier molecular flexibility index (Phi) is 2.90. The van der Waals surface area contributed by atoms with E-state index in [-0.39, 0.29) is 0 Å². The molecule has 3 atom stereocenters. The lowest BCUT2D eigenvalue weighted by molar-refractivity contribution is 0.220. The molecule has 0 bridgehead atoms. The Morgan fingerprint density at radius 2 is 1.82 bits per heavy atom. The van der Waals surface area contributed by atoms with Crippen LogP contribution >= 0.6 is 0 Å². The zero-order chi connectivity index (χ0) is 8.43. The fourth-order valence-corrected chi connectivity index (χ4v) is 2.03. The second-order valence-corrected chi connectivity index (χ2v) is 4.14. The summed E-state index contributed by atoms with van der Waals surface area (Å²) in [4.78, 5) is 0. The van der Waals surface area contributed by atoms with E-state index in [1.165, 1.54) is 0 Å². The highest BCUT2D eigenvalue weighted by Gasteiger charge is 2.27. The lowest BCUT2D eigenvalue weighted by Crippen LogP contribution is -2.43. The normalized spacial score (nSPS) is 39.5. The molecule has 2 nitrogen and oxygen atoms in total. The summed E-state index contributed by atoms with van der Waals surface area (Å²) in [5.41, 5.74) is 11.9. The number of rotatable bonds is 1. The van der Waals surface area contributed by atoms with E-state index in [1.807, 2.05) is 0 Å². The molecule has 0 amide bonds. The molecule has 0 heterocycles. The molecule has 0 aromatic carbocycles. The molecule has 3 unspecified atom stereocenters. The van der Waals surface area contributed by atoms with Gasteiger partial charge in [-0.1, -0.05) is 13.8 Å². The molecule has 0 saturated heterocycles. The van der Waals surface area contributed by atoms with E-state index in [0.717, 1.165) is 19.3 Å². The summed E-state index contributed by atoms with van der Waals surface area (Å²) in [5.74, 6) is 1.34. The van der Waals surface area contributed by atoms with E-state index in [2.05, 4.69) is 13.8 Å². The molecule has 66 valence electrons. The van der Waals surface area contributed by atoms with E-state index >= 15 is 0 Å². The van der Waals surface area contributed by atoms with Crippen LogP contribution in [-0.4, -0.2) is 12.1 Å². The summed E-state index contributed by atoms with van der Waals surface area (Å²) in [6.07, 6.45) is 3.35. The van der Waals surface area contributed by atoms with Gasteiger partial charge in [0, 0.05) is 12.1 Å². The maximum Gasteiger partial charge on any atom is 0.00707 e. The molecular formula is C9H20N2. The van der Waals surface area contributed by atoms with Gasteiger partial charge in [-0.3, -0.25) is 0 Å². The third-order valence-electron chi connectivity index (χ3n) is 2.85. The minimum Gasteiger partial charge on any atom is -0.328 e. The van der Waals surface area contributed by atoms with Crippen molar-refractivity contribution < 1.29 is 0 Å². The maximum atomic E-state index is 5.99. The van der Waals surface area contributed by atoms with Crippen molar-refractivity contribution in [1.29, 1.82) is 0 Å². The van der Waals surface area contributed by atoms with Crippen molar-refractivity contribution >= 4 is 0 Å². The molecule has 0 radical (unpaired) electrons. The molecule has 0 aromatic rings. The molecule has 1 aliphatic carbocycles. The predicted octanol–water partition coefficient (Wildman–Crippen LogP) is 1.10. The number of hydrogen-bond acceptors (Lipinski definition) is 2. The fourth-order valence-electron chi connectivity index (χ4n) is 2.03. The highest BCUT2D eigenvalue weighted by atomic mass is 14.7. The zero-order valence-electron chi connectivity index (χ0n) is 7.59. The second-order valence-electron chi connectivity index (χ2n) is 4.14. The van der Waals surface area contributed by atoms with Gasteiger partial charge in [-0.25, -0.2) is 0 Å². The van der Waals surface area contributed by atoms with Gasteiger partial charge in [0.15, 0.2) is 0 Å². The predicted molar refractivity (Wildman–Crippen MR) is 48.1 cm³/mol. The molecule has 2 heteroatoms. The number of hydrogen-bond donors (Lipinski definition) is 2. The Bertz CT molecular complexity index is 123. The van der Waals surface area contributed by atoms with Crippen LogP contribution in [0, 0.1) is 11.8 Å². The highest BCUT2D eigenvalue weighted by Crippen LogP contribution is 2.28.